The van der Waals surface area contributed by atoms with E-state index in [9.17, 15) is 4.79 Å². The first-order valence-electron chi connectivity index (χ1n) is 10.4. The number of amides is 1. The smallest absolute Gasteiger partial charge is 0.223 e. The topological polar surface area (TPSA) is 50.8 Å². The lowest BCUT2D eigenvalue weighted by Crippen LogP contribution is -2.58. The summed E-state index contributed by atoms with van der Waals surface area (Å²) < 4.78 is 10.8. The third-order valence-electron chi connectivity index (χ3n) is 6.61. The number of rotatable bonds is 6. The molecule has 5 heteroatoms. The molecule has 2 heterocycles. The molecule has 0 unspecified atom stereocenters. The molecule has 1 amide bonds. The molecule has 0 aromatic carbocycles. The van der Waals surface area contributed by atoms with Gasteiger partial charge in [-0.3, -0.25) is 4.79 Å². The van der Waals surface area contributed by atoms with E-state index >= 15 is 0 Å². The van der Waals surface area contributed by atoms with Crippen molar-refractivity contribution in [3.05, 3.63) is 0 Å². The minimum absolute atomic E-state index is 0.0729. The Balaban J connectivity index is 1.56. The SMILES string of the molecule is COCCC1(NC(=O)C2CCOCC2)CCN(C2CCCCC2)CC1. The van der Waals surface area contributed by atoms with Crippen LogP contribution in [-0.4, -0.2) is 62.4 Å². The van der Waals surface area contributed by atoms with Crippen molar-refractivity contribution in [2.24, 2.45) is 5.92 Å². The molecule has 1 N–H and O–H groups in total. The number of nitrogens with zero attached hydrogens (tertiary/aromatic N) is 1. The summed E-state index contributed by atoms with van der Waals surface area (Å²) in [6, 6.07) is 0.778. The zero-order valence-corrected chi connectivity index (χ0v) is 15.9. The van der Waals surface area contributed by atoms with E-state index in [1.54, 1.807) is 7.11 Å². The lowest BCUT2D eigenvalue weighted by atomic mass is 9.82. The third kappa shape index (κ3) is 5.18. The van der Waals surface area contributed by atoms with Crippen molar-refractivity contribution in [3.8, 4) is 0 Å². The Bertz CT molecular complexity index is 409. The molecule has 2 aliphatic heterocycles. The van der Waals surface area contributed by atoms with Gasteiger partial charge in [-0.05, 0) is 44.9 Å². The molecule has 0 bridgehead atoms. The van der Waals surface area contributed by atoms with Crippen molar-refractivity contribution < 1.29 is 14.3 Å². The van der Waals surface area contributed by atoms with Crippen LogP contribution < -0.4 is 5.32 Å². The number of ether oxygens (including phenoxy) is 2. The average molecular weight is 353 g/mol. The predicted molar refractivity (Wildman–Crippen MR) is 98.6 cm³/mol. The number of methoxy groups -OCH3 is 1. The van der Waals surface area contributed by atoms with Gasteiger partial charge in [0, 0.05) is 57.5 Å². The van der Waals surface area contributed by atoms with E-state index in [2.05, 4.69) is 10.2 Å². The number of nitrogens with one attached hydrogen (secondary N) is 1. The van der Waals surface area contributed by atoms with Crippen molar-refractivity contribution in [3.63, 3.8) is 0 Å². The second kappa shape index (κ2) is 9.33. The number of carbonyl (C=O) groups excluding carboxylic acids is 1. The Labute approximate surface area is 152 Å². The van der Waals surface area contributed by atoms with Crippen LogP contribution >= 0.6 is 0 Å². The van der Waals surface area contributed by atoms with Crippen LogP contribution in [0.1, 0.15) is 64.2 Å². The summed E-state index contributed by atoms with van der Waals surface area (Å²) in [6.45, 7) is 4.39. The van der Waals surface area contributed by atoms with Crippen LogP contribution in [0, 0.1) is 5.92 Å². The normalized spacial score (nSPS) is 26.4. The molecule has 1 saturated carbocycles. The minimum atomic E-state index is -0.0729. The quantitative estimate of drug-likeness (QED) is 0.799. The molecule has 0 radical (unpaired) electrons. The maximum absolute atomic E-state index is 12.8. The highest BCUT2D eigenvalue weighted by atomic mass is 16.5. The van der Waals surface area contributed by atoms with Gasteiger partial charge in [0.15, 0.2) is 0 Å². The highest BCUT2D eigenvalue weighted by Gasteiger charge is 2.38. The Hall–Kier alpha value is -0.650. The monoisotopic (exact) mass is 352 g/mol. The third-order valence-corrected chi connectivity index (χ3v) is 6.61. The van der Waals surface area contributed by atoms with Gasteiger partial charge in [-0.1, -0.05) is 19.3 Å². The van der Waals surface area contributed by atoms with E-state index in [4.69, 9.17) is 9.47 Å². The molecule has 0 aromatic rings. The van der Waals surface area contributed by atoms with E-state index in [-0.39, 0.29) is 17.4 Å². The molecule has 1 aliphatic carbocycles. The van der Waals surface area contributed by atoms with Gasteiger partial charge in [-0.15, -0.1) is 0 Å². The molecule has 3 aliphatic rings. The Morgan fingerprint density at radius 1 is 1.12 bits per heavy atom. The summed E-state index contributed by atoms with van der Waals surface area (Å²) in [7, 11) is 1.76. The number of piperidine rings is 1. The highest BCUT2D eigenvalue weighted by Crippen LogP contribution is 2.31. The molecule has 2 saturated heterocycles. The van der Waals surface area contributed by atoms with Crippen molar-refractivity contribution >= 4 is 5.91 Å². The van der Waals surface area contributed by atoms with Crippen molar-refractivity contribution in [1.82, 2.24) is 10.2 Å². The predicted octanol–water partition coefficient (Wildman–Crippen LogP) is 2.73. The molecule has 144 valence electrons. The first-order valence-corrected chi connectivity index (χ1v) is 10.4. The molecule has 5 nitrogen and oxygen atoms in total. The Morgan fingerprint density at radius 2 is 1.80 bits per heavy atom. The fourth-order valence-corrected chi connectivity index (χ4v) is 4.82. The highest BCUT2D eigenvalue weighted by molar-refractivity contribution is 5.79. The fourth-order valence-electron chi connectivity index (χ4n) is 4.82. The van der Waals surface area contributed by atoms with Crippen LogP contribution in [0.3, 0.4) is 0 Å². The van der Waals surface area contributed by atoms with Crippen LogP contribution in [-0.2, 0) is 14.3 Å². The molecule has 0 spiro atoms. The van der Waals surface area contributed by atoms with E-state index in [1.807, 2.05) is 0 Å². The molecule has 0 atom stereocenters. The van der Waals surface area contributed by atoms with Crippen molar-refractivity contribution in [1.29, 1.82) is 0 Å². The molecule has 25 heavy (non-hydrogen) atoms. The van der Waals surface area contributed by atoms with E-state index < -0.39 is 0 Å². The van der Waals surface area contributed by atoms with Gasteiger partial charge < -0.3 is 19.7 Å². The second-order valence-electron chi connectivity index (χ2n) is 8.23. The summed E-state index contributed by atoms with van der Waals surface area (Å²) in [4.78, 5) is 15.5. The molecule has 3 fully saturated rings. The number of hydrogen-bond donors (Lipinski definition) is 1. The summed E-state index contributed by atoms with van der Waals surface area (Å²) >= 11 is 0. The molecular weight excluding hydrogens is 316 g/mol. The zero-order chi connectivity index (χ0) is 17.5. The van der Waals surface area contributed by atoms with Crippen LogP contribution in [0.4, 0.5) is 0 Å². The fraction of sp³-hybridized carbons (Fsp3) is 0.950. The summed E-state index contributed by atoms with van der Waals surface area (Å²) in [5.74, 6) is 0.370. The van der Waals surface area contributed by atoms with Crippen LogP contribution in [0.25, 0.3) is 0 Å². The average Bonchev–Trinajstić information content (AvgIpc) is 2.68. The summed E-state index contributed by atoms with van der Waals surface area (Å²) in [5.41, 5.74) is -0.0729. The van der Waals surface area contributed by atoms with Crippen LogP contribution in [0.2, 0.25) is 0 Å². The molecular formula is C20H36N2O3. The first-order chi connectivity index (χ1) is 12.2. The Kier molecular flexibility index (Phi) is 7.14. The lowest BCUT2D eigenvalue weighted by molar-refractivity contribution is -0.131. The minimum Gasteiger partial charge on any atom is -0.385 e. The number of likely N-dealkylation sites (tertiary alicyclic amines) is 1. The van der Waals surface area contributed by atoms with Gasteiger partial charge in [0.05, 0.1) is 0 Å². The summed E-state index contributed by atoms with van der Waals surface area (Å²) in [6.07, 6.45) is 11.7. The van der Waals surface area contributed by atoms with Gasteiger partial charge in [0.2, 0.25) is 5.91 Å². The van der Waals surface area contributed by atoms with E-state index in [0.29, 0.717) is 0 Å². The van der Waals surface area contributed by atoms with Gasteiger partial charge in [0.25, 0.3) is 0 Å². The number of hydrogen-bond acceptors (Lipinski definition) is 4. The van der Waals surface area contributed by atoms with Crippen molar-refractivity contribution in [2.45, 2.75) is 75.8 Å². The van der Waals surface area contributed by atoms with Crippen LogP contribution in [0.15, 0.2) is 0 Å². The first kappa shape index (κ1) is 19.1. The van der Waals surface area contributed by atoms with Gasteiger partial charge in [0.1, 0.15) is 0 Å². The van der Waals surface area contributed by atoms with E-state index in [0.717, 1.165) is 71.1 Å². The molecule has 3 rings (SSSR count). The van der Waals surface area contributed by atoms with Gasteiger partial charge >= 0.3 is 0 Å². The van der Waals surface area contributed by atoms with Crippen LogP contribution in [0.5, 0.6) is 0 Å². The maximum Gasteiger partial charge on any atom is 0.223 e. The zero-order valence-electron chi connectivity index (χ0n) is 15.9. The largest absolute Gasteiger partial charge is 0.385 e. The van der Waals surface area contributed by atoms with Gasteiger partial charge in [-0.2, -0.15) is 0 Å². The standard InChI is InChI=1S/C20H36N2O3/c1-24-16-11-20(21-19(23)17-7-14-25-15-8-17)9-12-22(13-10-20)18-5-3-2-4-6-18/h17-18H,2-16H2,1H3,(H,21,23). The van der Waals surface area contributed by atoms with Gasteiger partial charge in [-0.25, -0.2) is 0 Å². The molecule has 0 aromatic heterocycles. The summed E-state index contributed by atoms with van der Waals surface area (Å²) in [5, 5.41) is 3.46. The Morgan fingerprint density at radius 3 is 2.44 bits per heavy atom. The van der Waals surface area contributed by atoms with E-state index in [1.165, 1.54) is 32.1 Å². The number of carbonyl (C=O) groups is 1. The lowest BCUT2D eigenvalue weighted by Gasteiger charge is -2.46. The maximum atomic E-state index is 12.8. The second-order valence-corrected chi connectivity index (χ2v) is 8.23. The van der Waals surface area contributed by atoms with Crippen molar-refractivity contribution in [2.75, 3.05) is 40.0 Å².